The summed E-state index contributed by atoms with van der Waals surface area (Å²) < 4.78 is 5.93. The van der Waals surface area contributed by atoms with Crippen LogP contribution in [-0.2, 0) is 9.53 Å². The van der Waals surface area contributed by atoms with Crippen molar-refractivity contribution < 1.29 is 9.53 Å². The molecule has 1 amide bonds. The van der Waals surface area contributed by atoms with E-state index >= 15 is 0 Å². The van der Waals surface area contributed by atoms with Gasteiger partial charge in [-0.2, -0.15) is 0 Å². The van der Waals surface area contributed by atoms with E-state index in [-0.39, 0.29) is 24.0 Å². The Morgan fingerprint density at radius 2 is 2.23 bits per heavy atom. The molecule has 0 radical (unpaired) electrons. The SMILES string of the molecule is C[C@@H]1CO[C@H](c2ccccc2Cl)CN1C(=O)[C@H]1CCCNC1. The van der Waals surface area contributed by atoms with Crippen molar-refractivity contribution in [1.82, 2.24) is 10.2 Å². The van der Waals surface area contributed by atoms with Crippen molar-refractivity contribution in [3.63, 3.8) is 0 Å². The molecule has 0 saturated carbocycles. The Balaban J connectivity index is 1.73. The van der Waals surface area contributed by atoms with Crippen molar-refractivity contribution in [3.05, 3.63) is 34.9 Å². The third-order valence-electron chi connectivity index (χ3n) is 4.61. The third kappa shape index (κ3) is 3.29. The number of benzene rings is 1. The van der Waals surface area contributed by atoms with E-state index in [0.717, 1.165) is 31.5 Å². The monoisotopic (exact) mass is 322 g/mol. The summed E-state index contributed by atoms with van der Waals surface area (Å²) in [5.41, 5.74) is 0.968. The van der Waals surface area contributed by atoms with Crippen molar-refractivity contribution >= 4 is 17.5 Å². The van der Waals surface area contributed by atoms with Gasteiger partial charge in [0.2, 0.25) is 5.91 Å². The van der Waals surface area contributed by atoms with Gasteiger partial charge in [-0.25, -0.2) is 0 Å². The van der Waals surface area contributed by atoms with Crippen LogP contribution in [0.4, 0.5) is 0 Å². The number of halogens is 1. The van der Waals surface area contributed by atoms with Crippen molar-refractivity contribution in [3.8, 4) is 0 Å². The predicted octanol–water partition coefficient (Wildman–Crippen LogP) is 2.63. The van der Waals surface area contributed by atoms with Gasteiger partial charge >= 0.3 is 0 Å². The van der Waals surface area contributed by atoms with Gasteiger partial charge in [-0.1, -0.05) is 29.8 Å². The summed E-state index contributed by atoms with van der Waals surface area (Å²) in [6, 6.07) is 7.84. The van der Waals surface area contributed by atoms with Gasteiger partial charge in [-0.15, -0.1) is 0 Å². The summed E-state index contributed by atoms with van der Waals surface area (Å²) in [4.78, 5) is 14.8. The van der Waals surface area contributed by atoms with Crippen LogP contribution < -0.4 is 5.32 Å². The third-order valence-corrected chi connectivity index (χ3v) is 4.96. The lowest BCUT2D eigenvalue weighted by molar-refractivity contribution is -0.149. The first kappa shape index (κ1) is 15.8. The Morgan fingerprint density at radius 1 is 1.41 bits per heavy atom. The molecule has 0 spiro atoms. The van der Waals surface area contributed by atoms with Crippen LogP contribution in [0.15, 0.2) is 24.3 Å². The Morgan fingerprint density at radius 3 is 2.95 bits per heavy atom. The minimum absolute atomic E-state index is 0.0983. The summed E-state index contributed by atoms with van der Waals surface area (Å²) in [6.45, 7) is 5.00. The second kappa shape index (κ2) is 6.99. The van der Waals surface area contributed by atoms with Crippen LogP contribution in [-0.4, -0.2) is 43.1 Å². The van der Waals surface area contributed by atoms with E-state index in [9.17, 15) is 4.79 Å². The van der Waals surface area contributed by atoms with Crippen LogP contribution in [0.25, 0.3) is 0 Å². The second-order valence-electron chi connectivity index (χ2n) is 6.23. The zero-order valence-corrected chi connectivity index (χ0v) is 13.7. The average Bonchev–Trinajstić information content (AvgIpc) is 2.56. The number of carbonyl (C=O) groups excluding carboxylic acids is 1. The van der Waals surface area contributed by atoms with E-state index in [1.54, 1.807) is 0 Å². The molecule has 4 nitrogen and oxygen atoms in total. The lowest BCUT2D eigenvalue weighted by Gasteiger charge is -2.40. The number of nitrogens with one attached hydrogen (secondary N) is 1. The second-order valence-corrected chi connectivity index (χ2v) is 6.63. The number of morpholine rings is 1. The van der Waals surface area contributed by atoms with Crippen molar-refractivity contribution in [1.29, 1.82) is 0 Å². The predicted molar refractivity (Wildman–Crippen MR) is 86.9 cm³/mol. The largest absolute Gasteiger partial charge is 0.369 e. The molecule has 2 saturated heterocycles. The van der Waals surface area contributed by atoms with E-state index in [0.29, 0.717) is 18.2 Å². The molecule has 0 unspecified atom stereocenters. The Kier molecular flexibility index (Phi) is 5.01. The Labute approximate surface area is 136 Å². The molecule has 0 bridgehead atoms. The number of carbonyl (C=O) groups is 1. The van der Waals surface area contributed by atoms with Crippen molar-refractivity contribution in [2.75, 3.05) is 26.2 Å². The highest BCUT2D eigenvalue weighted by molar-refractivity contribution is 6.31. The normalized spacial score (nSPS) is 29.4. The maximum atomic E-state index is 12.8. The summed E-state index contributed by atoms with van der Waals surface area (Å²) in [5, 5.41) is 4.02. The van der Waals surface area contributed by atoms with Crippen LogP contribution in [0.1, 0.15) is 31.4 Å². The van der Waals surface area contributed by atoms with Gasteiger partial charge in [0.05, 0.1) is 25.1 Å². The maximum absolute atomic E-state index is 12.8. The first-order valence-corrected chi connectivity index (χ1v) is 8.42. The van der Waals surface area contributed by atoms with Gasteiger partial charge in [0.25, 0.3) is 0 Å². The minimum Gasteiger partial charge on any atom is -0.369 e. The topological polar surface area (TPSA) is 41.6 Å². The van der Waals surface area contributed by atoms with Crippen molar-refractivity contribution in [2.24, 2.45) is 5.92 Å². The van der Waals surface area contributed by atoms with E-state index in [1.807, 2.05) is 29.2 Å². The molecule has 0 aromatic heterocycles. The van der Waals surface area contributed by atoms with E-state index < -0.39 is 0 Å². The fourth-order valence-electron chi connectivity index (χ4n) is 3.29. The highest BCUT2D eigenvalue weighted by Crippen LogP contribution is 2.31. The number of hydrogen-bond acceptors (Lipinski definition) is 3. The molecule has 3 rings (SSSR count). The van der Waals surface area contributed by atoms with Crippen LogP contribution in [0.3, 0.4) is 0 Å². The number of nitrogens with zero attached hydrogens (tertiary/aromatic N) is 1. The molecule has 22 heavy (non-hydrogen) atoms. The molecule has 2 aliphatic rings. The molecular formula is C17H23ClN2O2. The quantitative estimate of drug-likeness (QED) is 0.910. The van der Waals surface area contributed by atoms with Gasteiger partial charge in [-0.3, -0.25) is 4.79 Å². The maximum Gasteiger partial charge on any atom is 0.227 e. The number of amides is 1. The highest BCUT2D eigenvalue weighted by atomic mass is 35.5. The van der Waals surface area contributed by atoms with E-state index in [1.165, 1.54) is 0 Å². The summed E-state index contributed by atoms with van der Waals surface area (Å²) in [7, 11) is 0. The van der Waals surface area contributed by atoms with Gasteiger partial charge in [0.15, 0.2) is 0 Å². The van der Waals surface area contributed by atoms with Gasteiger partial charge in [-0.05, 0) is 32.4 Å². The van der Waals surface area contributed by atoms with E-state index in [2.05, 4.69) is 12.2 Å². The lowest BCUT2D eigenvalue weighted by atomic mass is 9.96. The molecule has 2 heterocycles. The van der Waals surface area contributed by atoms with E-state index in [4.69, 9.17) is 16.3 Å². The van der Waals surface area contributed by atoms with Gasteiger partial charge < -0.3 is 15.0 Å². The van der Waals surface area contributed by atoms with Gasteiger partial charge in [0, 0.05) is 17.1 Å². The lowest BCUT2D eigenvalue weighted by Crippen LogP contribution is -2.52. The zero-order chi connectivity index (χ0) is 15.5. The molecule has 120 valence electrons. The standard InChI is InChI=1S/C17H23ClN2O2/c1-12-11-22-16(14-6-2-3-7-15(14)18)10-20(12)17(21)13-5-4-8-19-9-13/h2-3,6-7,12-13,16,19H,4-5,8-11H2,1H3/t12-,13+,16+/m1/s1. The molecule has 5 heteroatoms. The molecule has 1 aromatic rings. The smallest absolute Gasteiger partial charge is 0.227 e. The van der Waals surface area contributed by atoms with Crippen LogP contribution in [0.5, 0.6) is 0 Å². The molecule has 3 atom stereocenters. The first-order valence-electron chi connectivity index (χ1n) is 8.04. The summed E-state index contributed by atoms with van der Waals surface area (Å²) >= 11 is 6.28. The summed E-state index contributed by atoms with van der Waals surface area (Å²) in [5.74, 6) is 0.348. The zero-order valence-electron chi connectivity index (χ0n) is 12.9. The van der Waals surface area contributed by atoms with Crippen LogP contribution in [0, 0.1) is 5.92 Å². The molecule has 0 aliphatic carbocycles. The number of hydrogen-bond donors (Lipinski definition) is 1. The average molecular weight is 323 g/mol. The Bertz CT molecular complexity index is 531. The first-order chi connectivity index (χ1) is 10.7. The van der Waals surface area contributed by atoms with Crippen LogP contribution >= 0.6 is 11.6 Å². The number of rotatable bonds is 2. The molecule has 2 fully saturated rings. The fourth-order valence-corrected chi connectivity index (χ4v) is 3.54. The number of ether oxygens (including phenoxy) is 1. The van der Waals surface area contributed by atoms with Crippen molar-refractivity contribution in [2.45, 2.75) is 31.9 Å². The highest BCUT2D eigenvalue weighted by Gasteiger charge is 2.34. The summed E-state index contributed by atoms with van der Waals surface area (Å²) in [6.07, 6.45) is 1.92. The minimum atomic E-state index is -0.134. The fraction of sp³-hybridized carbons (Fsp3) is 0.588. The molecular weight excluding hydrogens is 300 g/mol. The van der Waals surface area contributed by atoms with Crippen LogP contribution in [0.2, 0.25) is 5.02 Å². The molecule has 1 N–H and O–H groups in total. The molecule has 1 aromatic carbocycles. The number of piperidine rings is 1. The van der Waals surface area contributed by atoms with Gasteiger partial charge in [0.1, 0.15) is 6.10 Å². The Hall–Kier alpha value is -1.10. The molecule has 2 aliphatic heterocycles.